The number of hydrogen-bond donors (Lipinski definition) is 0. The van der Waals surface area contributed by atoms with Crippen molar-refractivity contribution in [3.8, 4) is 33.4 Å². The van der Waals surface area contributed by atoms with Crippen LogP contribution < -0.4 is 4.90 Å². The minimum absolute atomic E-state index is 0.143. The number of fused-ring (bicyclic) bond motifs is 8. The smallest absolute Gasteiger partial charge is 0.0713 e. The molecule has 1 heteroatoms. The molecule has 0 heterocycles. The van der Waals surface area contributed by atoms with Crippen molar-refractivity contribution in [2.75, 3.05) is 4.90 Å². The highest BCUT2D eigenvalue weighted by Crippen LogP contribution is 2.58. The number of para-hydroxylation sites is 1. The summed E-state index contributed by atoms with van der Waals surface area (Å²) in [7, 11) is 0. The van der Waals surface area contributed by atoms with Gasteiger partial charge in [0.2, 0.25) is 0 Å². The monoisotopic (exact) mass is 727 g/mol. The van der Waals surface area contributed by atoms with E-state index < -0.39 is 5.41 Å². The van der Waals surface area contributed by atoms with Gasteiger partial charge in [-0.1, -0.05) is 190 Å². The van der Waals surface area contributed by atoms with Crippen LogP contribution in [-0.2, 0) is 10.8 Å². The van der Waals surface area contributed by atoms with Crippen LogP contribution in [0.4, 0.5) is 17.1 Å². The van der Waals surface area contributed by atoms with E-state index in [1.54, 1.807) is 0 Å². The fourth-order valence-corrected chi connectivity index (χ4v) is 10.2. The van der Waals surface area contributed by atoms with E-state index in [-0.39, 0.29) is 5.41 Å². The average Bonchev–Trinajstić information content (AvgIpc) is 3.71. The van der Waals surface area contributed by atoms with Gasteiger partial charge in [0.05, 0.1) is 11.1 Å². The quantitative estimate of drug-likeness (QED) is 0.165. The topological polar surface area (TPSA) is 3.24 Å². The van der Waals surface area contributed by atoms with Crippen LogP contribution in [0.15, 0.2) is 212 Å². The summed E-state index contributed by atoms with van der Waals surface area (Å²) in [6.45, 7) is 4.77. The van der Waals surface area contributed by atoms with Crippen molar-refractivity contribution >= 4 is 27.8 Å². The second-order valence-corrected chi connectivity index (χ2v) is 16.0. The van der Waals surface area contributed by atoms with Crippen molar-refractivity contribution in [1.29, 1.82) is 0 Å². The third kappa shape index (κ3) is 4.89. The number of rotatable bonds is 6. The number of hydrogen-bond acceptors (Lipinski definition) is 1. The SMILES string of the molecule is CC1(C)c2ccccc2-c2c(N(c3ccccc3)c3ccc(-c4ccc5c(c4)C(c4ccccc4)(c4ccccc4)c4ccccc4-5)cc3)cc3ccccc3c21. The van der Waals surface area contributed by atoms with Crippen LogP contribution in [0.1, 0.15) is 47.2 Å². The number of benzene rings is 9. The van der Waals surface area contributed by atoms with Crippen LogP contribution in [0, 0.1) is 0 Å². The Labute approximate surface area is 335 Å². The van der Waals surface area contributed by atoms with Gasteiger partial charge in [0.15, 0.2) is 0 Å². The van der Waals surface area contributed by atoms with E-state index in [4.69, 9.17) is 0 Å². The predicted molar refractivity (Wildman–Crippen MR) is 239 cm³/mol. The highest BCUT2D eigenvalue weighted by atomic mass is 15.1. The summed E-state index contributed by atoms with van der Waals surface area (Å²) in [5, 5.41) is 2.57. The van der Waals surface area contributed by atoms with E-state index in [9.17, 15) is 0 Å². The highest BCUT2D eigenvalue weighted by Gasteiger charge is 2.46. The lowest BCUT2D eigenvalue weighted by Gasteiger charge is -2.34. The van der Waals surface area contributed by atoms with Gasteiger partial charge in [-0.25, -0.2) is 0 Å². The Bertz CT molecular complexity index is 2920. The van der Waals surface area contributed by atoms with Gasteiger partial charge in [0.25, 0.3) is 0 Å². The summed E-state index contributed by atoms with van der Waals surface area (Å²) in [5.41, 5.74) is 18.5. The molecule has 0 aromatic heterocycles. The Morgan fingerprint density at radius 1 is 0.386 bits per heavy atom. The summed E-state index contributed by atoms with van der Waals surface area (Å²) in [6, 6.07) is 78.5. The Balaban J connectivity index is 1.09. The van der Waals surface area contributed by atoms with Gasteiger partial charge < -0.3 is 4.90 Å². The van der Waals surface area contributed by atoms with Crippen LogP contribution in [0.5, 0.6) is 0 Å². The summed E-state index contributed by atoms with van der Waals surface area (Å²) in [6.07, 6.45) is 0. The van der Waals surface area contributed by atoms with E-state index in [0.29, 0.717) is 0 Å². The molecule has 0 amide bonds. The second kappa shape index (κ2) is 12.8. The molecule has 9 aromatic rings. The van der Waals surface area contributed by atoms with Crippen molar-refractivity contribution in [3.05, 3.63) is 246 Å². The molecular formula is C56H41N. The minimum Gasteiger partial charge on any atom is -0.310 e. The molecule has 0 spiro atoms. The Hall–Kier alpha value is -6.96. The first-order chi connectivity index (χ1) is 28.0. The fraction of sp³-hybridized carbons (Fsp3) is 0.0714. The molecule has 2 aliphatic carbocycles. The summed E-state index contributed by atoms with van der Waals surface area (Å²) >= 11 is 0. The first kappa shape index (κ1) is 33.4. The van der Waals surface area contributed by atoms with Crippen LogP contribution in [-0.4, -0.2) is 0 Å². The molecular weight excluding hydrogens is 687 g/mol. The van der Waals surface area contributed by atoms with Gasteiger partial charge in [0.1, 0.15) is 0 Å². The van der Waals surface area contributed by atoms with Crippen molar-refractivity contribution in [2.45, 2.75) is 24.7 Å². The van der Waals surface area contributed by atoms with Gasteiger partial charge >= 0.3 is 0 Å². The van der Waals surface area contributed by atoms with E-state index in [2.05, 4.69) is 231 Å². The summed E-state index contributed by atoms with van der Waals surface area (Å²) < 4.78 is 0. The molecule has 0 radical (unpaired) electrons. The van der Waals surface area contributed by atoms with Crippen LogP contribution in [0.3, 0.4) is 0 Å². The van der Waals surface area contributed by atoms with E-state index in [1.165, 1.54) is 83.2 Å². The molecule has 270 valence electrons. The Morgan fingerprint density at radius 2 is 0.912 bits per heavy atom. The van der Waals surface area contributed by atoms with Crippen molar-refractivity contribution < 1.29 is 0 Å². The molecule has 0 fully saturated rings. The zero-order valence-electron chi connectivity index (χ0n) is 32.2. The number of anilines is 3. The zero-order valence-corrected chi connectivity index (χ0v) is 32.2. The van der Waals surface area contributed by atoms with Crippen molar-refractivity contribution in [3.63, 3.8) is 0 Å². The Kier molecular flexibility index (Phi) is 7.50. The van der Waals surface area contributed by atoms with Gasteiger partial charge in [-0.3, -0.25) is 0 Å². The second-order valence-electron chi connectivity index (χ2n) is 16.0. The fourth-order valence-electron chi connectivity index (χ4n) is 10.2. The largest absolute Gasteiger partial charge is 0.310 e. The lowest BCUT2D eigenvalue weighted by molar-refractivity contribution is 0.666. The van der Waals surface area contributed by atoms with Gasteiger partial charge in [-0.15, -0.1) is 0 Å². The maximum atomic E-state index is 2.46. The zero-order chi connectivity index (χ0) is 38.1. The molecule has 1 nitrogen and oxygen atoms in total. The van der Waals surface area contributed by atoms with E-state index in [1.807, 2.05) is 0 Å². The molecule has 0 bridgehead atoms. The summed E-state index contributed by atoms with van der Waals surface area (Å²) in [5.74, 6) is 0. The molecule has 2 aliphatic rings. The van der Waals surface area contributed by atoms with Crippen LogP contribution >= 0.6 is 0 Å². The maximum Gasteiger partial charge on any atom is 0.0713 e. The third-order valence-electron chi connectivity index (χ3n) is 12.7. The molecule has 0 aliphatic heterocycles. The van der Waals surface area contributed by atoms with Crippen molar-refractivity contribution in [1.82, 2.24) is 0 Å². The van der Waals surface area contributed by atoms with Crippen LogP contribution in [0.25, 0.3) is 44.2 Å². The molecule has 0 atom stereocenters. The minimum atomic E-state index is -0.435. The Morgan fingerprint density at radius 3 is 1.61 bits per heavy atom. The van der Waals surface area contributed by atoms with Gasteiger partial charge in [-0.05, 0) is 108 Å². The molecule has 57 heavy (non-hydrogen) atoms. The third-order valence-corrected chi connectivity index (χ3v) is 12.7. The van der Waals surface area contributed by atoms with Crippen molar-refractivity contribution in [2.24, 2.45) is 0 Å². The molecule has 0 saturated carbocycles. The molecule has 0 unspecified atom stereocenters. The predicted octanol–water partition coefficient (Wildman–Crippen LogP) is 14.6. The molecule has 9 aromatic carbocycles. The van der Waals surface area contributed by atoms with Crippen LogP contribution in [0.2, 0.25) is 0 Å². The molecule has 0 N–H and O–H groups in total. The van der Waals surface area contributed by atoms with E-state index >= 15 is 0 Å². The van der Waals surface area contributed by atoms with E-state index in [0.717, 1.165) is 11.4 Å². The van der Waals surface area contributed by atoms with Gasteiger partial charge in [-0.2, -0.15) is 0 Å². The maximum absolute atomic E-state index is 2.46. The standard InChI is InChI=1S/C56H41N/c1-55(2)49-28-16-15-27-48(49)53-52(37-40-18-12-13-25-45(40)54(53)55)57(43-23-10-5-11-24-43)44-33-30-38(31-34-44)39-32-35-47-46-26-14-17-29-50(46)56(51(47)36-39,41-19-6-3-7-20-41)42-21-8-4-9-22-42/h3-37H,1-2H3. The lowest BCUT2D eigenvalue weighted by Crippen LogP contribution is -2.28. The average molecular weight is 728 g/mol. The molecule has 11 rings (SSSR count). The molecule has 0 saturated heterocycles. The lowest BCUT2D eigenvalue weighted by atomic mass is 9.67. The van der Waals surface area contributed by atoms with Gasteiger partial charge in [0, 0.05) is 22.4 Å². The summed E-state index contributed by atoms with van der Waals surface area (Å²) in [4.78, 5) is 2.46. The first-order valence-electron chi connectivity index (χ1n) is 20.0. The highest BCUT2D eigenvalue weighted by molar-refractivity contribution is 6.06. The first-order valence-corrected chi connectivity index (χ1v) is 20.0. The normalized spacial score (nSPS) is 14.1. The number of nitrogens with zero attached hydrogens (tertiary/aromatic N) is 1.